The molecule has 0 saturated carbocycles. The first-order valence-electron chi connectivity index (χ1n) is 8.22. The number of allylic oxidation sites excluding steroid dienone is 1. The molecule has 0 spiro atoms. The number of H-pyrrole nitrogens is 1. The minimum absolute atomic E-state index is 1.07. The summed E-state index contributed by atoms with van der Waals surface area (Å²) in [6.07, 6.45) is 16.4. The van der Waals surface area contributed by atoms with E-state index in [-0.39, 0.29) is 0 Å². The zero-order valence-electron chi connectivity index (χ0n) is 13.5. The lowest BCUT2D eigenvalue weighted by molar-refractivity contribution is 0.320. The lowest BCUT2D eigenvalue weighted by Crippen LogP contribution is -2.21. The van der Waals surface area contributed by atoms with Gasteiger partial charge in [-0.2, -0.15) is 0 Å². The van der Waals surface area contributed by atoms with Crippen LogP contribution in [0.5, 0.6) is 0 Å². The average Bonchev–Trinajstić information content (AvgIpc) is 2.89. The molecule has 0 fully saturated rings. The molecule has 114 valence electrons. The van der Waals surface area contributed by atoms with Gasteiger partial charge >= 0.3 is 0 Å². The van der Waals surface area contributed by atoms with Gasteiger partial charge in [-0.1, -0.05) is 32.3 Å². The second-order valence-electron chi connectivity index (χ2n) is 5.80. The van der Waals surface area contributed by atoms with Crippen molar-refractivity contribution in [2.45, 2.75) is 58.3 Å². The van der Waals surface area contributed by atoms with Gasteiger partial charge in [0.05, 0.1) is 0 Å². The van der Waals surface area contributed by atoms with Crippen LogP contribution in [0.25, 0.3) is 0 Å². The molecule has 0 aliphatic rings. The van der Waals surface area contributed by atoms with Gasteiger partial charge in [0, 0.05) is 12.4 Å². The topological polar surface area (TPSA) is 19.0 Å². The Bertz CT molecular complexity index is 354. The Morgan fingerprint density at radius 2 is 1.75 bits per heavy atom. The summed E-state index contributed by atoms with van der Waals surface area (Å²) in [5.74, 6) is 0. The summed E-state index contributed by atoms with van der Waals surface area (Å²) in [4.78, 5) is 5.72. The summed E-state index contributed by atoms with van der Waals surface area (Å²) in [5, 5.41) is 0. The Morgan fingerprint density at radius 1 is 1.05 bits per heavy atom. The summed E-state index contributed by atoms with van der Waals surface area (Å²) < 4.78 is 0. The largest absolute Gasteiger partial charge is 0.367 e. The van der Waals surface area contributed by atoms with Crippen LogP contribution >= 0.6 is 0 Å². The van der Waals surface area contributed by atoms with Crippen molar-refractivity contribution >= 4 is 0 Å². The van der Waals surface area contributed by atoms with Gasteiger partial charge in [-0.05, 0) is 63.4 Å². The van der Waals surface area contributed by atoms with Crippen molar-refractivity contribution in [1.82, 2.24) is 9.88 Å². The normalized spacial score (nSPS) is 11.2. The minimum Gasteiger partial charge on any atom is -0.367 e. The van der Waals surface area contributed by atoms with Crippen LogP contribution in [0.2, 0.25) is 0 Å². The fraction of sp³-hybridized carbons (Fsp3) is 0.667. The van der Waals surface area contributed by atoms with E-state index in [1.54, 1.807) is 0 Å². The third-order valence-electron chi connectivity index (χ3n) is 3.92. The van der Waals surface area contributed by atoms with Crippen molar-refractivity contribution in [1.29, 1.82) is 0 Å². The Morgan fingerprint density at radius 3 is 2.45 bits per heavy atom. The molecule has 0 aliphatic heterocycles. The van der Waals surface area contributed by atoms with Crippen LogP contribution < -0.4 is 0 Å². The highest BCUT2D eigenvalue weighted by atomic mass is 15.1. The average molecular weight is 276 g/mol. The molecule has 0 atom stereocenters. The fourth-order valence-electron chi connectivity index (χ4n) is 2.61. The maximum absolute atomic E-state index is 3.80. The molecule has 0 unspecified atom stereocenters. The van der Waals surface area contributed by atoms with Crippen molar-refractivity contribution in [2.24, 2.45) is 0 Å². The molecule has 2 nitrogen and oxygen atoms in total. The number of hydrogen-bond acceptors (Lipinski definition) is 1. The summed E-state index contributed by atoms with van der Waals surface area (Å²) in [7, 11) is 2.25. The van der Waals surface area contributed by atoms with Crippen LogP contribution in [0, 0.1) is 0 Å². The molecule has 1 aromatic rings. The number of aromatic nitrogens is 1. The molecule has 0 amide bonds. The smallest absolute Gasteiger partial charge is 0.00403 e. The molecule has 20 heavy (non-hydrogen) atoms. The Hall–Kier alpha value is -1.02. The van der Waals surface area contributed by atoms with E-state index in [1.807, 2.05) is 6.08 Å². The van der Waals surface area contributed by atoms with E-state index in [0.29, 0.717) is 0 Å². The van der Waals surface area contributed by atoms with E-state index in [9.17, 15) is 0 Å². The van der Waals surface area contributed by atoms with Crippen molar-refractivity contribution in [2.75, 3.05) is 20.1 Å². The van der Waals surface area contributed by atoms with Gasteiger partial charge in [0.2, 0.25) is 0 Å². The van der Waals surface area contributed by atoms with Gasteiger partial charge in [0.25, 0.3) is 0 Å². The molecular weight excluding hydrogens is 244 g/mol. The van der Waals surface area contributed by atoms with Gasteiger partial charge < -0.3 is 9.88 Å². The highest BCUT2D eigenvalue weighted by Crippen LogP contribution is 2.13. The Balaban J connectivity index is 2.16. The van der Waals surface area contributed by atoms with Gasteiger partial charge in [-0.25, -0.2) is 0 Å². The Kier molecular flexibility index (Phi) is 9.14. The molecule has 1 rings (SSSR count). The van der Waals surface area contributed by atoms with Crippen LogP contribution in [0.4, 0.5) is 0 Å². The highest BCUT2D eigenvalue weighted by molar-refractivity contribution is 5.23. The standard InChI is InChI=1S/C18H32N2/c1-4-6-8-9-13-20(3)14-10-12-18-16-19-15-17(18)11-7-5-2/h5,15-16,19H,2,4,6-14H2,1,3H3. The van der Waals surface area contributed by atoms with E-state index in [0.717, 1.165) is 12.8 Å². The first-order chi connectivity index (χ1) is 9.77. The summed E-state index contributed by atoms with van der Waals surface area (Å²) in [6.45, 7) is 8.52. The predicted molar refractivity (Wildman–Crippen MR) is 89.3 cm³/mol. The zero-order valence-corrected chi connectivity index (χ0v) is 13.5. The number of nitrogens with zero attached hydrogens (tertiary/aromatic N) is 1. The fourth-order valence-corrected chi connectivity index (χ4v) is 2.61. The molecule has 0 bridgehead atoms. The van der Waals surface area contributed by atoms with E-state index in [4.69, 9.17) is 0 Å². The summed E-state index contributed by atoms with van der Waals surface area (Å²) in [5.41, 5.74) is 2.96. The molecule has 0 radical (unpaired) electrons. The number of aryl methyl sites for hydroxylation is 2. The second-order valence-corrected chi connectivity index (χ2v) is 5.80. The highest BCUT2D eigenvalue weighted by Gasteiger charge is 2.04. The van der Waals surface area contributed by atoms with E-state index >= 15 is 0 Å². The van der Waals surface area contributed by atoms with Crippen molar-refractivity contribution in [3.05, 3.63) is 36.2 Å². The van der Waals surface area contributed by atoms with Crippen LogP contribution in [0.3, 0.4) is 0 Å². The van der Waals surface area contributed by atoms with Gasteiger partial charge in [0.15, 0.2) is 0 Å². The van der Waals surface area contributed by atoms with Crippen LogP contribution in [-0.2, 0) is 12.8 Å². The predicted octanol–water partition coefficient (Wildman–Crippen LogP) is 4.58. The zero-order chi connectivity index (χ0) is 14.6. The third kappa shape index (κ3) is 6.95. The number of rotatable bonds is 12. The maximum Gasteiger partial charge on any atom is 0.00403 e. The van der Waals surface area contributed by atoms with Crippen molar-refractivity contribution in [3.63, 3.8) is 0 Å². The number of unbranched alkanes of at least 4 members (excludes halogenated alkanes) is 3. The molecule has 0 aromatic carbocycles. The monoisotopic (exact) mass is 276 g/mol. The quantitative estimate of drug-likeness (QED) is 0.437. The van der Waals surface area contributed by atoms with Crippen molar-refractivity contribution < 1.29 is 0 Å². The van der Waals surface area contributed by atoms with Crippen LogP contribution in [-0.4, -0.2) is 30.0 Å². The van der Waals surface area contributed by atoms with Crippen LogP contribution in [0.1, 0.15) is 56.6 Å². The first kappa shape index (κ1) is 17.0. The van der Waals surface area contributed by atoms with Gasteiger partial charge in [0.1, 0.15) is 0 Å². The molecule has 0 saturated heterocycles. The number of hydrogen-bond donors (Lipinski definition) is 1. The number of aromatic amines is 1. The van der Waals surface area contributed by atoms with E-state index in [1.165, 1.54) is 62.7 Å². The third-order valence-corrected chi connectivity index (χ3v) is 3.92. The Labute approximate surface area is 125 Å². The molecule has 1 heterocycles. The summed E-state index contributed by atoms with van der Waals surface area (Å²) >= 11 is 0. The van der Waals surface area contributed by atoms with Crippen LogP contribution in [0.15, 0.2) is 25.0 Å². The molecule has 1 N–H and O–H groups in total. The van der Waals surface area contributed by atoms with Gasteiger partial charge in [-0.3, -0.25) is 0 Å². The SMILES string of the molecule is C=CCCc1c[nH]cc1CCCN(C)CCCCCC. The van der Waals surface area contributed by atoms with Crippen molar-refractivity contribution in [3.8, 4) is 0 Å². The van der Waals surface area contributed by atoms with Gasteiger partial charge in [-0.15, -0.1) is 6.58 Å². The molecule has 1 aromatic heterocycles. The maximum atomic E-state index is 3.80. The molecule has 0 aliphatic carbocycles. The van der Waals surface area contributed by atoms with E-state index in [2.05, 4.69) is 42.8 Å². The lowest BCUT2D eigenvalue weighted by atomic mass is 10.0. The molecular formula is C18H32N2. The lowest BCUT2D eigenvalue weighted by Gasteiger charge is -2.16. The summed E-state index contributed by atoms with van der Waals surface area (Å²) in [6, 6.07) is 0. The second kappa shape index (κ2) is 10.7. The molecule has 2 heteroatoms. The first-order valence-corrected chi connectivity index (χ1v) is 8.22. The van der Waals surface area contributed by atoms with E-state index < -0.39 is 0 Å². The minimum atomic E-state index is 1.07. The number of nitrogens with one attached hydrogen (secondary N) is 1.